The summed E-state index contributed by atoms with van der Waals surface area (Å²) in [5.74, 6) is -0.507. The van der Waals surface area contributed by atoms with Gasteiger partial charge in [-0.25, -0.2) is 4.39 Å². The Morgan fingerprint density at radius 1 is 1.55 bits per heavy atom. The van der Waals surface area contributed by atoms with Crippen molar-refractivity contribution in [2.45, 2.75) is 44.7 Å². The van der Waals surface area contributed by atoms with E-state index in [0.29, 0.717) is 11.0 Å². The van der Waals surface area contributed by atoms with Crippen molar-refractivity contribution in [1.82, 2.24) is 5.32 Å². The highest BCUT2D eigenvalue weighted by atomic mass is 79.9. The molecule has 1 aliphatic rings. The maximum absolute atomic E-state index is 13.4. The van der Waals surface area contributed by atoms with Crippen molar-refractivity contribution in [3.05, 3.63) is 34.1 Å². The summed E-state index contributed by atoms with van der Waals surface area (Å²) in [6, 6.07) is 4.85. The predicted molar refractivity (Wildman–Crippen MR) is 80.5 cm³/mol. The van der Waals surface area contributed by atoms with E-state index >= 15 is 0 Å². The van der Waals surface area contributed by atoms with Gasteiger partial charge < -0.3 is 11.1 Å². The van der Waals surface area contributed by atoms with Crippen molar-refractivity contribution in [3.8, 4) is 0 Å². The molecule has 2 rings (SSSR count). The van der Waals surface area contributed by atoms with Crippen molar-refractivity contribution in [2.75, 3.05) is 0 Å². The van der Waals surface area contributed by atoms with Crippen LogP contribution in [0.2, 0.25) is 0 Å². The number of halogens is 2. The Bertz CT molecular complexity index is 505. The Hall–Kier alpha value is -0.940. The van der Waals surface area contributed by atoms with Gasteiger partial charge in [0.1, 0.15) is 5.82 Å². The van der Waals surface area contributed by atoms with Gasteiger partial charge in [0.25, 0.3) is 0 Å². The van der Waals surface area contributed by atoms with E-state index in [1.54, 1.807) is 12.1 Å². The quantitative estimate of drug-likeness (QED) is 0.886. The SMILES string of the molecule is CC1(N)CCCCC1C(=O)NCc1ccc(Br)c(F)c1. The maximum atomic E-state index is 13.4. The Labute approximate surface area is 127 Å². The average molecular weight is 343 g/mol. The van der Waals surface area contributed by atoms with E-state index in [1.165, 1.54) is 6.07 Å². The fourth-order valence-corrected chi connectivity index (χ4v) is 3.00. The molecule has 0 saturated heterocycles. The molecule has 5 heteroatoms. The van der Waals surface area contributed by atoms with E-state index in [-0.39, 0.29) is 17.6 Å². The third kappa shape index (κ3) is 3.58. The van der Waals surface area contributed by atoms with Crippen LogP contribution in [0.3, 0.4) is 0 Å². The molecule has 1 fully saturated rings. The zero-order chi connectivity index (χ0) is 14.8. The first-order valence-corrected chi connectivity index (χ1v) is 7.70. The van der Waals surface area contributed by atoms with Gasteiger partial charge in [0, 0.05) is 12.1 Å². The second-order valence-corrected chi connectivity index (χ2v) is 6.62. The zero-order valence-electron chi connectivity index (χ0n) is 11.6. The largest absolute Gasteiger partial charge is 0.352 e. The fraction of sp³-hybridized carbons (Fsp3) is 0.533. The molecule has 110 valence electrons. The number of carbonyl (C=O) groups is 1. The summed E-state index contributed by atoms with van der Waals surface area (Å²) in [6.07, 6.45) is 3.82. The van der Waals surface area contributed by atoms with Crippen LogP contribution in [0.5, 0.6) is 0 Å². The molecule has 1 saturated carbocycles. The van der Waals surface area contributed by atoms with Crippen molar-refractivity contribution >= 4 is 21.8 Å². The number of hydrogen-bond donors (Lipinski definition) is 2. The Morgan fingerprint density at radius 3 is 2.95 bits per heavy atom. The van der Waals surface area contributed by atoms with Crippen LogP contribution < -0.4 is 11.1 Å². The third-order valence-electron chi connectivity index (χ3n) is 4.02. The van der Waals surface area contributed by atoms with Gasteiger partial charge in [-0.1, -0.05) is 18.9 Å². The molecule has 2 unspecified atom stereocenters. The summed E-state index contributed by atoms with van der Waals surface area (Å²) in [7, 11) is 0. The molecule has 0 aliphatic heterocycles. The zero-order valence-corrected chi connectivity index (χ0v) is 13.2. The molecule has 0 heterocycles. The number of benzene rings is 1. The molecule has 0 spiro atoms. The molecule has 1 amide bonds. The normalized spacial score (nSPS) is 26.3. The number of nitrogens with two attached hydrogens (primary N) is 1. The molecule has 1 aliphatic carbocycles. The average Bonchev–Trinajstić information content (AvgIpc) is 2.39. The summed E-state index contributed by atoms with van der Waals surface area (Å²) >= 11 is 3.11. The second-order valence-electron chi connectivity index (χ2n) is 5.77. The molecule has 0 radical (unpaired) electrons. The van der Waals surface area contributed by atoms with E-state index in [4.69, 9.17) is 5.73 Å². The third-order valence-corrected chi connectivity index (χ3v) is 4.66. The van der Waals surface area contributed by atoms with Gasteiger partial charge in [0.15, 0.2) is 0 Å². The summed E-state index contributed by atoms with van der Waals surface area (Å²) in [5.41, 5.74) is 6.52. The van der Waals surface area contributed by atoms with Crippen molar-refractivity contribution in [2.24, 2.45) is 11.7 Å². The molecule has 3 nitrogen and oxygen atoms in total. The molecule has 0 aromatic heterocycles. The summed E-state index contributed by atoms with van der Waals surface area (Å²) in [4.78, 5) is 12.2. The van der Waals surface area contributed by atoms with E-state index in [1.807, 2.05) is 6.92 Å². The van der Waals surface area contributed by atoms with Gasteiger partial charge in [-0.3, -0.25) is 4.79 Å². The van der Waals surface area contributed by atoms with Crippen molar-refractivity contribution < 1.29 is 9.18 Å². The Kier molecular flexibility index (Phi) is 4.81. The topological polar surface area (TPSA) is 55.1 Å². The minimum absolute atomic E-state index is 0.0296. The highest BCUT2D eigenvalue weighted by molar-refractivity contribution is 9.10. The van der Waals surface area contributed by atoms with Crippen LogP contribution in [0.25, 0.3) is 0 Å². The maximum Gasteiger partial charge on any atom is 0.225 e. The van der Waals surface area contributed by atoms with Gasteiger partial charge in [-0.15, -0.1) is 0 Å². The van der Waals surface area contributed by atoms with Gasteiger partial charge in [0.05, 0.1) is 10.4 Å². The fourth-order valence-electron chi connectivity index (χ4n) is 2.75. The highest BCUT2D eigenvalue weighted by Crippen LogP contribution is 2.31. The molecule has 1 aromatic carbocycles. The van der Waals surface area contributed by atoms with Gasteiger partial charge in [-0.05, 0) is 53.4 Å². The Balaban J connectivity index is 1.96. The van der Waals surface area contributed by atoms with Crippen LogP contribution in [0.15, 0.2) is 22.7 Å². The van der Waals surface area contributed by atoms with Gasteiger partial charge >= 0.3 is 0 Å². The predicted octanol–water partition coefficient (Wildman–Crippen LogP) is 3.11. The molecular weight excluding hydrogens is 323 g/mol. The van der Waals surface area contributed by atoms with Crippen molar-refractivity contribution in [1.29, 1.82) is 0 Å². The number of carbonyl (C=O) groups excluding carboxylic acids is 1. The van der Waals surface area contributed by atoms with E-state index in [0.717, 1.165) is 31.2 Å². The lowest BCUT2D eigenvalue weighted by Gasteiger charge is -2.37. The van der Waals surface area contributed by atoms with Gasteiger partial charge in [0.2, 0.25) is 5.91 Å². The minimum Gasteiger partial charge on any atom is -0.352 e. The Morgan fingerprint density at radius 2 is 2.30 bits per heavy atom. The standard InChI is InChI=1S/C15H20BrFN2O/c1-15(18)7-3-2-4-11(15)14(20)19-9-10-5-6-12(16)13(17)8-10/h5-6,8,11H,2-4,7,9,18H2,1H3,(H,19,20). The van der Waals surface area contributed by atoms with E-state index in [2.05, 4.69) is 21.2 Å². The summed E-state index contributed by atoms with van der Waals surface area (Å²) in [6.45, 7) is 2.27. The van der Waals surface area contributed by atoms with Crippen LogP contribution in [-0.2, 0) is 11.3 Å². The first kappa shape index (κ1) is 15.4. The molecule has 2 atom stereocenters. The lowest BCUT2D eigenvalue weighted by molar-refractivity contribution is -0.128. The smallest absolute Gasteiger partial charge is 0.225 e. The van der Waals surface area contributed by atoms with Crippen LogP contribution in [-0.4, -0.2) is 11.4 Å². The van der Waals surface area contributed by atoms with Crippen LogP contribution in [0.1, 0.15) is 38.2 Å². The van der Waals surface area contributed by atoms with E-state index < -0.39 is 5.54 Å². The minimum atomic E-state index is -0.437. The van der Waals surface area contributed by atoms with Crippen LogP contribution in [0.4, 0.5) is 4.39 Å². The van der Waals surface area contributed by atoms with Crippen LogP contribution in [0, 0.1) is 11.7 Å². The number of amides is 1. The first-order chi connectivity index (χ1) is 9.40. The molecule has 20 heavy (non-hydrogen) atoms. The lowest BCUT2D eigenvalue weighted by atomic mass is 9.74. The van der Waals surface area contributed by atoms with Crippen LogP contribution >= 0.6 is 15.9 Å². The van der Waals surface area contributed by atoms with E-state index in [9.17, 15) is 9.18 Å². The molecule has 3 N–H and O–H groups in total. The number of rotatable bonds is 3. The number of hydrogen-bond acceptors (Lipinski definition) is 2. The molecule has 1 aromatic rings. The number of nitrogens with one attached hydrogen (secondary N) is 1. The monoisotopic (exact) mass is 342 g/mol. The molecule has 0 bridgehead atoms. The second kappa shape index (κ2) is 6.22. The summed E-state index contributed by atoms with van der Waals surface area (Å²) in [5, 5.41) is 2.87. The lowest BCUT2D eigenvalue weighted by Crippen LogP contribution is -2.52. The highest BCUT2D eigenvalue weighted by Gasteiger charge is 2.37. The first-order valence-electron chi connectivity index (χ1n) is 6.91. The van der Waals surface area contributed by atoms with Gasteiger partial charge in [-0.2, -0.15) is 0 Å². The molecular formula is C15H20BrFN2O. The summed E-state index contributed by atoms with van der Waals surface area (Å²) < 4.78 is 13.8. The van der Waals surface area contributed by atoms with Crippen molar-refractivity contribution in [3.63, 3.8) is 0 Å².